The number of halogens is 3. The van der Waals surface area contributed by atoms with Gasteiger partial charge in [-0.2, -0.15) is 0 Å². The van der Waals surface area contributed by atoms with E-state index in [9.17, 15) is 9.18 Å². The second kappa shape index (κ2) is 4.94. The molecule has 4 aliphatic rings. The van der Waals surface area contributed by atoms with Crippen LogP contribution in [-0.2, 0) is 4.79 Å². The number of nitrogens with one attached hydrogen (secondary N) is 1. The lowest BCUT2D eigenvalue weighted by atomic mass is 9.49. The van der Waals surface area contributed by atoms with Gasteiger partial charge in [0.15, 0.2) is 0 Å². The van der Waals surface area contributed by atoms with E-state index in [0.717, 1.165) is 32.1 Å². The third-order valence-electron chi connectivity index (χ3n) is 5.65. The molecule has 4 saturated carbocycles. The molecule has 0 saturated heterocycles. The van der Waals surface area contributed by atoms with Gasteiger partial charge in [0.05, 0.1) is 11.1 Å². The molecule has 0 aromatic heterocycles. The minimum absolute atomic E-state index is 0.0483. The maximum absolute atomic E-state index is 14.0. The van der Waals surface area contributed by atoms with Gasteiger partial charge in [0, 0.05) is 9.35 Å². The lowest BCUT2D eigenvalue weighted by Crippen LogP contribution is -2.57. The van der Waals surface area contributed by atoms with Gasteiger partial charge in [0.25, 0.3) is 0 Å². The summed E-state index contributed by atoms with van der Waals surface area (Å²) in [4.78, 5) is 12.7. The molecule has 2 unspecified atom stereocenters. The highest BCUT2D eigenvalue weighted by Crippen LogP contribution is 2.64. The molecule has 0 spiro atoms. The fourth-order valence-electron chi connectivity index (χ4n) is 5.26. The van der Waals surface area contributed by atoms with Gasteiger partial charge in [0.1, 0.15) is 5.82 Å². The molecule has 1 aromatic rings. The second-order valence-electron chi connectivity index (χ2n) is 7.47. The fourth-order valence-corrected chi connectivity index (χ4v) is 6.29. The highest BCUT2D eigenvalue weighted by molar-refractivity contribution is 9.10. The Labute approximate surface area is 142 Å². The predicted molar refractivity (Wildman–Crippen MR) is 88.4 cm³/mol. The second-order valence-corrected chi connectivity index (χ2v) is 9.19. The van der Waals surface area contributed by atoms with Gasteiger partial charge >= 0.3 is 0 Å². The Morgan fingerprint density at radius 1 is 1.27 bits per heavy atom. The van der Waals surface area contributed by atoms with E-state index in [-0.39, 0.29) is 16.5 Å². The Morgan fingerprint density at radius 3 is 2.55 bits per heavy atom. The molecule has 4 atom stereocenters. The Balaban J connectivity index is 1.60. The van der Waals surface area contributed by atoms with Crippen LogP contribution < -0.4 is 5.32 Å². The summed E-state index contributed by atoms with van der Waals surface area (Å²) in [5.74, 6) is 0.652. The summed E-state index contributed by atoms with van der Waals surface area (Å²) in [5, 5.41) is 2.82. The van der Waals surface area contributed by atoms with Crippen molar-refractivity contribution < 1.29 is 9.18 Å². The lowest BCUT2D eigenvalue weighted by Gasteiger charge is -2.59. The number of hydrogen-bond acceptors (Lipinski definition) is 1. The Morgan fingerprint density at radius 2 is 1.95 bits per heavy atom. The highest BCUT2D eigenvalue weighted by Gasteiger charge is 2.60. The van der Waals surface area contributed by atoms with Crippen molar-refractivity contribution in [2.24, 2.45) is 17.3 Å². The van der Waals surface area contributed by atoms with Crippen LogP contribution in [0.1, 0.15) is 38.5 Å². The summed E-state index contributed by atoms with van der Waals surface area (Å²) >= 11 is 9.99. The van der Waals surface area contributed by atoms with E-state index in [0.29, 0.717) is 16.3 Å². The van der Waals surface area contributed by atoms with Crippen LogP contribution in [0.2, 0.25) is 0 Å². The number of anilines is 1. The normalized spacial score (nSPS) is 39.0. The van der Waals surface area contributed by atoms with E-state index in [4.69, 9.17) is 11.6 Å². The Bertz CT molecular complexity index is 636. The quantitative estimate of drug-likeness (QED) is 0.704. The van der Waals surface area contributed by atoms with Crippen molar-refractivity contribution in [1.29, 1.82) is 0 Å². The minimum atomic E-state index is -0.409. The van der Waals surface area contributed by atoms with Gasteiger partial charge < -0.3 is 5.32 Å². The largest absolute Gasteiger partial charge is 0.323 e. The van der Waals surface area contributed by atoms with Crippen LogP contribution in [0, 0.1) is 23.1 Å². The van der Waals surface area contributed by atoms with E-state index in [1.807, 2.05) is 0 Å². The first-order valence-corrected chi connectivity index (χ1v) is 9.00. The lowest BCUT2D eigenvalue weighted by molar-refractivity contribution is -0.138. The molecule has 1 amide bonds. The number of benzene rings is 1. The van der Waals surface area contributed by atoms with Gasteiger partial charge in [-0.25, -0.2) is 4.39 Å². The molecule has 0 aliphatic heterocycles. The van der Waals surface area contributed by atoms with Crippen LogP contribution in [0.4, 0.5) is 10.1 Å². The summed E-state index contributed by atoms with van der Waals surface area (Å²) in [6.07, 6.45) is 5.82. The Kier molecular flexibility index (Phi) is 3.36. The molecule has 4 aliphatic carbocycles. The van der Waals surface area contributed by atoms with Gasteiger partial charge in [-0.05, 0) is 68.6 Å². The van der Waals surface area contributed by atoms with Crippen LogP contribution in [0.3, 0.4) is 0 Å². The molecule has 2 nitrogen and oxygen atoms in total. The van der Waals surface area contributed by atoms with E-state index in [1.165, 1.54) is 12.5 Å². The average molecular weight is 387 g/mol. The molecule has 22 heavy (non-hydrogen) atoms. The zero-order valence-electron chi connectivity index (χ0n) is 12.2. The fraction of sp³-hybridized carbons (Fsp3) is 0.588. The van der Waals surface area contributed by atoms with Gasteiger partial charge in [-0.1, -0.05) is 15.9 Å². The summed E-state index contributed by atoms with van der Waals surface area (Å²) in [7, 11) is 0. The van der Waals surface area contributed by atoms with Gasteiger partial charge in [0.2, 0.25) is 5.91 Å². The number of amides is 1. The van der Waals surface area contributed by atoms with Gasteiger partial charge in [-0.3, -0.25) is 4.79 Å². The van der Waals surface area contributed by atoms with Crippen molar-refractivity contribution in [3.05, 3.63) is 28.5 Å². The molecule has 0 heterocycles. The molecule has 0 radical (unpaired) electrons. The summed E-state index contributed by atoms with van der Waals surface area (Å²) in [6, 6.07) is 4.72. The molecule has 1 N–H and O–H groups in total. The first kappa shape index (κ1) is 14.9. The first-order chi connectivity index (χ1) is 10.4. The Hall–Kier alpha value is -0.610. The average Bonchev–Trinajstić information content (AvgIpc) is 2.39. The maximum Gasteiger partial charge on any atom is 0.230 e. The van der Waals surface area contributed by atoms with Crippen molar-refractivity contribution in [2.75, 3.05) is 5.32 Å². The predicted octanol–water partition coefficient (Wildman–Crippen LogP) is 5.10. The summed E-state index contributed by atoms with van der Waals surface area (Å²) < 4.78 is 14.7. The van der Waals surface area contributed by atoms with Crippen LogP contribution in [-0.4, -0.2) is 10.8 Å². The van der Waals surface area contributed by atoms with Crippen molar-refractivity contribution in [3.8, 4) is 0 Å². The number of rotatable bonds is 2. The topological polar surface area (TPSA) is 29.1 Å². The number of alkyl halides is 1. The maximum atomic E-state index is 14.0. The standard InChI is InChI=1S/C17H18BrClFNO/c18-12-1-2-14(13(20)4-12)21-15(22)16-5-10-3-11(6-16)8-17(19,7-10)9-16/h1-2,4,10-11H,3,5-9H2,(H,21,22)/t10-,11+,16?,17?. The monoisotopic (exact) mass is 385 g/mol. The third-order valence-corrected chi connectivity index (χ3v) is 6.59. The third kappa shape index (κ3) is 2.39. The summed E-state index contributed by atoms with van der Waals surface area (Å²) in [5.41, 5.74) is -0.140. The smallest absolute Gasteiger partial charge is 0.230 e. The van der Waals surface area contributed by atoms with Gasteiger partial charge in [-0.15, -0.1) is 11.6 Å². The van der Waals surface area contributed by atoms with E-state index >= 15 is 0 Å². The molecule has 5 rings (SSSR count). The number of carbonyl (C=O) groups is 1. The van der Waals surface area contributed by atoms with Crippen LogP contribution in [0.5, 0.6) is 0 Å². The molecule has 4 bridgehead atoms. The minimum Gasteiger partial charge on any atom is -0.323 e. The van der Waals surface area contributed by atoms with Crippen LogP contribution in [0.25, 0.3) is 0 Å². The molecular formula is C17H18BrClFNO. The van der Waals surface area contributed by atoms with Crippen LogP contribution in [0.15, 0.2) is 22.7 Å². The molecule has 1 aromatic carbocycles. The van der Waals surface area contributed by atoms with E-state index in [2.05, 4.69) is 21.2 Å². The molecular weight excluding hydrogens is 369 g/mol. The number of carbonyl (C=O) groups excluding carboxylic acids is 1. The first-order valence-electron chi connectivity index (χ1n) is 7.83. The number of hydrogen-bond donors (Lipinski definition) is 1. The molecule has 4 fully saturated rings. The van der Waals surface area contributed by atoms with Crippen molar-refractivity contribution in [3.63, 3.8) is 0 Å². The van der Waals surface area contributed by atoms with Crippen molar-refractivity contribution in [2.45, 2.75) is 43.4 Å². The summed E-state index contributed by atoms with van der Waals surface area (Å²) in [6.45, 7) is 0. The van der Waals surface area contributed by atoms with E-state index in [1.54, 1.807) is 12.1 Å². The molecule has 118 valence electrons. The molecule has 5 heteroatoms. The van der Waals surface area contributed by atoms with Crippen molar-refractivity contribution >= 4 is 39.1 Å². The zero-order valence-corrected chi connectivity index (χ0v) is 14.5. The van der Waals surface area contributed by atoms with Crippen molar-refractivity contribution in [1.82, 2.24) is 0 Å². The van der Waals surface area contributed by atoms with E-state index < -0.39 is 11.2 Å². The zero-order chi connectivity index (χ0) is 15.5. The van der Waals surface area contributed by atoms with Crippen LogP contribution >= 0.6 is 27.5 Å². The SMILES string of the molecule is O=C(Nc1ccc(Br)cc1F)C12C[C@@H]3C[C@@H](CC(Cl)(C3)C1)C2. The highest BCUT2D eigenvalue weighted by atomic mass is 79.9.